The van der Waals surface area contributed by atoms with E-state index in [0.29, 0.717) is 35.0 Å². The number of nitrogens with zero attached hydrogens (tertiary/aromatic N) is 1. The van der Waals surface area contributed by atoms with E-state index in [1.165, 1.54) is 12.1 Å². The molecule has 0 spiro atoms. The summed E-state index contributed by atoms with van der Waals surface area (Å²) in [6.07, 6.45) is 0. The normalized spacial score (nSPS) is 10.3. The summed E-state index contributed by atoms with van der Waals surface area (Å²) in [7, 11) is 1.55. The number of nitrogens with one attached hydrogen (secondary N) is 1. The Morgan fingerprint density at radius 1 is 0.968 bits per heavy atom. The van der Waals surface area contributed by atoms with Gasteiger partial charge in [-0.25, -0.2) is 4.39 Å². The van der Waals surface area contributed by atoms with Gasteiger partial charge in [0.2, 0.25) is 0 Å². The standard InChI is InChI=1S/C24H23FN2O4/c1-3-27(20-11-9-18(25)10-12-20)24(29)17-7-13-21(14-8-17)31-16-23(28)26-19-5-4-6-22(15-19)30-2/h4-15H,3,16H2,1-2H3,(H,26,28). The molecule has 0 atom stereocenters. The Bertz CT molecular complexity index is 1040. The summed E-state index contributed by atoms with van der Waals surface area (Å²) in [6.45, 7) is 2.11. The molecule has 7 heteroatoms. The van der Waals surface area contributed by atoms with Gasteiger partial charge in [-0.2, -0.15) is 0 Å². The van der Waals surface area contributed by atoms with Crippen LogP contribution < -0.4 is 19.7 Å². The third-order valence-electron chi connectivity index (χ3n) is 4.52. The smallest absolute Gasteiger partial charge is 0.262 e. The molecule has 0 saturated carbocycles. The number of hydrogen-bond acceptors (Lipinski definition) is 4. The van der Waals surface area contributed by atoms with E-state index < -0.39 is 0 Å². The Labute approximate surface area is 180 Å². The maximum Gasteiger partial charge on any atom is 0.262 e. The topological polar surface area (TPSA) is 67.9 Å². The molecule has 160 valence electrons. The van der Waals surface area contributed by atoms with Crippen molar-refractivity contribution in [3.63, 3.8) is 0 Å². The molecular weight excluding hydrogens is 399 g/mol. The van der Waals surface area contributed by atoms with Gasteiger partial charge in [0.25, 0.3) is 11.8 Å². The molecular formula is C24H23FN2O4. The molecule has 0 fully saturated rings. The highest BCUT2D eigenvalue weighted by Crippen LogP contribution is 2.20. The first-order valence-corrected chi connectivity index (χ1v) is 9.74. The first-order chi connectivity index (χ1) is 15.0. The SMILES string of the molecule is CCN(C(=O)c1ccc(OCC(=O)Nc2cccc(OC)c2)cc1)c1ccc(F)cc1. The van der Waals surface area contributed by atoms with Crippen molar-refractivity contribution >= 4 is 23.2 Å². The average Bonchev–Trinajstić information content (AvgIpc) is 2.80. The van der Waals surface area contributed by atoms with E-state index in [0.717, 1.165) is 0 Å². The van der Waals surface area contributed by atoms with Crippen molar-refractivity contribution in [3.05, 3.63) is 84.2 Å². The predicted molar refractivity (Wildman–Crippen MR) is 117 cm³/mol. The monoisotopic (exact) mass is 422 g/mol. The third kappa shape index (κ3) is 5.82. The molecule has 3 rings (SSSR count). The number of carbonyl (C=O) groups is 2. The molecule has 6 nitrogen and oxygen atoms in total. The van der Waals surface area contributed by atoms with Crippen molar-refractivity contribution in [1.82, 2.24) is 0 Å². The fourth-order valence-corrected chi connectivity index (χ4v) is 2.96. The van der Waals surface area contributed by atoms with Crippen LogP contribution in [0, 0.1) is 5.82 Å². The highest BCUT2D eigenvalue weighted by Gasteiger charge is 2.16. The molecule has 0 aliphatic rings. The van der Waals surface area contributed by atoms with Crippen LogP contribution in [0.4, 0.5) is 15.8 Å². The highest BCUT2D eigenvalue weighted by atomic mass is 19.1. The lowest BCUT2D eigenvalue weighted by Crippen LogP contribution is -2.30. The number of benzene rings is 3. The van der Waals surface area contributed by atoms with Gasteiger partial charge >= 0.3 is 0 Å². The van der Waals surface area contributed by atoms with Gasteiger partial charge in [-0.15, -0.1) is 0 Å². The summed E-state index contributed by atoms with van der Waals surface area (Å²) >= 11 is 0. The molecule has 0 aromatic heterocycles. The second-order valence-electron chi connectivity index (χ2n) is 6.62. The number of methoxy groups -OCH3 is 1. The van der Waals surface area contributed by atoms with Crippen LogP contribution >= 0.6 is 0 Å². The minimum absolute atomic E-state index is 0.179. The Morgan fingerprint density at radius 2 is 1.68 bits per heavy atom. The van der Waals surface area contributed by atoms with Crippen LogP contribution in [0.5, 0.6) is 11.5 Å². The van der Waals surface area contributed by atoms with Gasteiger partial charge in [-0.3, -0.25) is 9.59 Å². The maximum atomic E-state index is 13.2. The first-order valence-electron chi connectivity index (χ1n) is 9.74. The molecule has 0 radical (unpaired) electrons. The molecule has 0 heterocycles. The van der Waals surface area contributed by atoms with Gasteiger partial charge in [-0.05, 0) is 67.6 Å². The van der Waals surface area contributed by atoms with Gasteiger partial charge in [0.15, 0.2) is 6.61 Å². The van der Waals surface area contributed by atoms with Crippen molar-refractivity contribution in [2.24, 2.45) is 0 Å². The minimum Gasteiger partial charge on any atom is -0.497 e. The Hall–Kier alpha value is -3.87. The zero-order valence-electron chi connectivity index (χ0n) is 17.3. The molecule has 0 unspecified atom stereocenters. The van der Waals surface area contributed by atoms with Crippen LogP contribution in [0.15, 0.2) is 72.8 Å². The van der Waals surface area contributed by atoms with Crippen molar-refractivity contribution in [2.45, 2.75) is 6.92 Å². The first kappa shape index (κ1) is 21.8. The summed E-state index contributed by atoms with van der Waals surface area (Å²) in [4.78, 5) is 26.5. The number of halogens is 1. The number of ether oxygens (including phenoxy) is 2. The third-order valence-corrected chi connectivity index (χ3v) is 4.52. The van der Waals surface area contributed by atoms with Gasteiger partial charge in [0.1, 0.15) is 17.3 Å². The van der Waals surface area contributed by atoms with Crippen LogP contribution in [-0.4, -0.2) is 32.1 Å². The van der Waals surface area contributed by atoms with Crippen LogP contribution in [0.2, 0.25) is 0 Å². The van der Waals surface area contributed by atoms with E-state index in [1.54, 1.807) is 72.7 Å². The van der Waals surface area contributed by atoms with E-state index in [2.05, 4.69) is 5.32 Å². The summed E-state index contributed by atoms with van der Waals surface area (Å²) < 4.78 is 23.8. The summed E-state index contributed by atoms with van der Waals surface area (Å²) in [5.41, 5.74) is 1.68. The number of hydrogen-bond donors (Lipinski definition) is 1. The molecule has 3 aromatic rings. The van der Waals surface area contributed by atoms with Crippen LogP contribution in [0.3, 0.4) is 0 Å². The van der Waals surface area contributed by atoms with E-state index in [9.17, 15) is 14.0 Å². The molecule has 31 heavy (non-hydrogen) atoms. The second-order valence-corrected chi connectivity index (χ2v) is 6.62. The van der Waals surface area contributed by atoms with Crippen LogP contribution in [0.25, 0.3) is 0 Å². The molecule has 0 aliphatic carbocycles. The Morgan fingerprint density at radius 3 is 2.32 bits per heavy atom. The van der Waals surface area contributed by atoms with Gasteiger partial charge < -0.3 is 19.7 Å². The lowest BCUT2D eigenvalue weighted by molar-refractivity contribution is -0.118. The molecule has 0 bridgehead atoms. The maximum absolute atomic E-state index is 13.2. The van der Waals surface area contributed by atoms with Crippen molar-refractivity contribution in [3.8, 4) is 11.5 Å². The average molecular weight is 422 g/mol. The molecule has 0 saturated heterocycles. The Balaban J connectivity index is 1.58. The lowest BCUT2D eigenvalue weighted by atomic mass is 10.1. The zero-order chi connectivity index (χ0) is 22.2. The zero-order valence-corrected chi connectivity index (χ0v) is 17.3. The van der Waals surface area contributed by atoms with Crippen molar-refractivity contribution < 1.29 is 23.5 Å². The molecule has 0 aliphatic heterocycles. The van der Waals surface area contributed by atoms with Crippen LogP contribution in [0.1, 0.15) is 17.3 Å². The van der Waals surface area contributed by atoms with E-state index in [1.807, 2.05) is 6.92 Å². The fraction of sp³-hybridized carbons (Fsp3) is 0.167. The summed E-state index contributed by atoms with van der Waals surface area (Å²) in [5.74, 6) is 0.213. The molecule has 3 aromatic carbocycles. The van der Waals surface area contributed by atoms with E-state index >= 15 is 0 Å². The van der Waals surface area contributed by atoms with Crippen molar-refractivity contribution in [1.29, 1.82) is 0 Å². The Kier molecular flexibility index (Phi) is 7.22. The van der Waals surface area contributed by atoms with Crippen LogP contribution in [-0.2, 0) is 4.79 Å². The minimum atomic E-state index is -0.357. The number of rotatable bonds is 8. The number of carbonyl (C=O) groups excluding carboxylic acids is 2. The number of amides is 2. The largest absolute Gasteiger partial charge is 0.497 e. The van der Waals surface area contributed by atoms with Gasteiger partial charge in [0.05, 0.1) is 7.11 Å². The highest BCUT2D eigenvalue weighted by molar-refractivity contribution is 6.06. The fourth-order valence-electron chi connectivity index (χ4n) is 2.96. The molecule has 2 amide bonds. The van der Waals surface area contributed by atoms with Crippen molar-refractivity contribution in [2.75, 3.05) is 30.5 Å². The van der Waals surface area contributed by atoms with E-state index in [4.69, 9.17) is 9.47 Å². The predicted octanol–water partition coefficient (Wildman–Crippen LogP) is 4.52. The second kappa shape index (κ2) is 10.2. The quantitative estimate of drug-likeness (QED) is 0.580. The lowest BCUT2D eigenvalue weighted by Gasteiger charge is -2.21. The summed E-state index contributed by atoms with van der Waals surface area (Å²) in [6, 6.07) is 19.3. The summed E-state index contributed by atoms with van der Waals surface area (Å²) in [5, 5.41) is 2.73. The van der Waals surface area contributed by atoms with Gasteiger partial charge in [-0.1, -0.05) is 6.07 Å². The molecule has 1 N–H and O–H groups in total. The van der Waals surface area contributed by atoms with Gasteiger partial charge in [0, 0.05) is 29.5 Å². The van der Waals surface area contributed by atoms with E-state index in [-0.39, 0.29) is 24.2 Å². The number of anilines is 2.